The molecule has 2 rings (SSSR count). The Kier molecular flexibility index (Phi) is 5.80. The molecule has 24 heavy (non-hydrogen) atoms. The number of rotatable bonds is 5. The van der Waals surface area contributed by atoms with Crippen LogP contribution < -0.4 is 14.8 Å². The Bertz CT molecular complexity index is 772. The predicted molar refractivity (Wildman–Crippen MR) is 84.0 cm³/mol. The number of hydrogen-bond donors (Lipinski definition) is 1. The molecule has 0 aromatic heterocycles. The Hall–Kier alpha value is -2.12. The maximum atomic E-state index is 13.5. The Morgan fingerprint density at radius 1 is 1.12 bits per heavy atom. The Morgan fingerprint density at radius 2 is 1.83 bits per heavy atom. The number of alkyl halides is 2. The summed E-state index contributed by atoms with van der Waals surface area (Å²) in [7, 11) is 1.28. The Morgan fingerprint density at radius 3 is 2.46 bits per heavy atom. The van der Waals surface area contributed by atoms with Crippen LogP contribution in [0, 0.1) is 5.82 Å². The van der Waals surface area contributed by atoms with Gasteiger partial charge in [-0.25, -0.2) is 4.39 Å². The van der Waals surface area contributed by atoms with Gasteiger partial charge < -0.3 is 14.8 Å². The minimum atomic E-state index is -3.07. The van der Waals surface area contributed by atoms with E-state index in [4.69, 9.17) is 27.9 Å². The fourth-order valence-corrected chi connectivity index (χ4v) is 2.31. The Balaban J connectivity index is 2.27. The standard InChI is InChI=1S/C15H10Cl2F3NO3/c1-23-12-3-2-7(4-13(12)24-15(19)20)21-14(22)8-5-11(18)10(17)6-9(8)16/h2-6,15H,1H3,(H,21,22). The van der Waals surface area contributed by atoms with Crippen LogP contribution >= 0.6 is 23.2 Å². The molecule has 0 aliphatic carbocycles. The van der Waals surface area contributed by atoms with Crippen molar-refractivity contribution < 1.29 is 27.4 Å². The van der Waals surface area contributed by atoms with E-state index in [1.54, 1.807) is 0 Å². The molecule has 0 heterocycles. The van der Waals surface area contributed by atoms with Crippen molar-refractivity contribution in [3.05, 3.63) is 51.8 Å². The third-order valence-electron chi connectivity index (χ3n) is 2.89. The molecule has 1 amide bonds. The number of methoxy groups -OCH3 is 1. The minimum Gasteiger partial charge on any atom is -0.493 e. The van der Waals surface area contributed by atoms with Gasteiger partial charge in [0.2, 0.25) is 0 Å². The summed E-state index contributed by atoms with van der Waals surface area (Å²) < 4.78 is 47.5. The SMILES string of the molecule is COc1ccc(NC(=O)c2cc(F)c(Cl)cc2Cl)cc1OC(F)F. The molecule has 0 radical (unpaired) electrons. The lowest BCUT2D eigenvalue weighted by molar-refractivity contribution is -0.0511. The molecule has 0 saturated heterocycles. The van der Waals surface area contributed by atoms with Crippen molar-refractivity contribution in [2.45, 2.75) is 6.61 Å². The molecule has 0 atom stereocenters. The van der Waals surface area contributed by atoms with Gasteiger partial charge in [-0.05, 0) is 24.3 Å². The number of halogens is 5. The van der Waals surface area contributed by atoms with Crippen LogP contribution in [0.5, 0.6) is 11.5 Å². The molecular formula is C15H10Cl2F3NO3. The molecule has 0 aliphatic rings. The maximum absolute atomic E-state index is 13.5. The van der Waals surface area contributed by atoms with E-state index in [0.717, 1.165) is 18.2 Å². The summed E-state index contributed by atoms with van der Waals surface area (Å²) in [5.74, 6) is -1.77. The normalized spacial score (nSPS) is 10.6. The van der Waals surface area contributed by atoms with Crippen LogP contribution in [0.2, 0.25) is 10.0 Å². The van der Waals surface area contributed by atoms with E-state index in [0.29, 0.717) is 0 Å². The zero-order valence-electron chi connectivity index (χ0n) is 12.1. The number of ether oxygens (including phenoxy) is 2. The fraction of sp³-hybridized carbons (Fsp3) is 0.133. The van der Waals surface area contributed by atoms with Gasteiger partial charge in [0.25, 0.3) is 5.91 Å². The molecule has 0 bridgehead atoms. The Labute approximate surface area is 145 Å². The van der Waals surface area contributed by atoms with E-state index >= 15 is 0 Å². The largest absolute Gasteiger partial charge is 0.493 e. The van der Waals surface area contributed by atoms with Crippen LogP contribution in [0.15, 0.2) is 30.3 Å². The first-order valence-corrected chi connectivity index (χ1v) is 7.16. The first-order valence-electron chi connectivity index (χ1n) is 6.40. The fourth-order valence-electron chi connectivity index (χ4n) is 1.84. The third kappa shape index (κ3) is 4.24. The van der Waals surface area contributed by atoms with Crippen LogP contribution in [0.1, 0.15) is 10.4 Å². The molecule has 128 valence electrons. The summed E-state index contributed by atoms with van der Waals surface area (Å²) in [6, 6.07) is 5.84. The molecule has 1 N–H and O–H groups in total. The first-order chi connectivity index (χ1) is 11.3. The maximum Gasteiger partial charge on any atom is 0.387 e. The van der Waals surface area contributed by atoms with Gasteiger partial charge in [0.05, 0.1) is 22.7 Å². The quantitative estimate of drug-likeness (QED) is 0.744. The monoisotopic (exact) mass is 379 g/mol. The molecule has 0 spiro atoms. The van der Waals surface area contributed by atoms with Crippen molar-refractivity contribution in [2.75, 3.05) is 12.4 Å². The first kappa shape index (κ1) is 18.2. The highest BCUT2D eigenvalue weighted by atomic mass is 35.5. The van der Waals surface area contributed by atoms with Gasteiger partial charge in [0.15, 0.2) is 11.5 Å². The highest BCUT2D eigenvalue weighted by Gasteiger charge is 2.16. The van der Waals surface area contributed by atoms with Gasteiger partial charge in [-0.15, -0.1) is 0 Å². The van der Waals surface area contributed by atoms with E-state index in [1.165, 1.54) is 19.2 Å². The summed E-state index contributed by atoms with van der Waals surface area (Å²) in [6.45, 7) is -3.07. The molecule has 0 fully saturated rings. The number of hydrogen-bond acceptors (Lipinski definition) is 3. The molecule has 2 aromatic carbocycles. The zero-order chi connectivity index (χ0) is 17.9. The van der Waals surface area contributed by atoms with Gasteiger partial charge in [-0.1, -0.05) is 23.2 Å². The molecule has 2 aromatic rings. The number of amides is 1. The summed E-state index contributed by atoms with van der Waals surface area (Å²) in [5, 5.41) is 2.11. The van der Waals surface area contributed by atoms with E-state index < -0.39 is 18.3 Å². The third-order valence-corrected chi connectivity index (χ3v) is 3.49. The number of nitrogens with one attached hydrogen (secondary N) is 1. The van der Waals surface area contributed by atoms with Gasteiger partial charge in [-0.3, -0.25) is 4.79 Å². The number of carbonyl (C=O) groups is 1. The van der Waals surface area contributed by atoms with E-state index in [-0.39, 0.29) is 32.8 Å². The molecule has 9 heteroatoms. The summed E-state index contributed by atoms with van der Waals surface area (Å²) in [6.07, 6.45) is 0. The van der Waals surface area contributed by atoms with E-state index in [2.05, 4.69) is 10.1 Å². The topological polar surface area (TPSA) is 47.6 Å². The van der Waals surface area contributed by atoms with Crippen molar-refractivity contribution in [1.82, 2.24) is 0 Å². The van der Waals surface area contributed by atoms with Gasteiger partial charge in [0.1, 0.15) is 5.82 Å². The van der Waals surface area contributed by atoms with Crippen LogP contribution in [0.4, 0.5) is 18.9 Å². The molecule has 4 nitrogen and oxygen atoms in total. The lowest BCUT2D eigenvalue weighted by Gasteiger charge is -2.12. The highest BCUT2D eigenvalue weighted by Crippen LogP contribution is 2.32. The van der Waals surface area contributed by atoms with Crippen LogP contribution in [-0.4, -0.2) is 19.6 Å². The second kappa shape index (κ2) is 7.63. The van der Waals surface area contributed by atoms with Crippen LogP contribution in [-0.2, 0) is 0 Å². The van der Waals surface area contributed by atoms with Crippen molar-refractivity contribution in [3.63, 3.8) is 0 Å². The van der Waals surface area contributed by atoms with Crippen LogP contribution in [0.25, 0.3) is 0 Å². The zero-order valence-corrected chi connectivity index (χ0v) is 13.6. The number of anilines is 1. The summed E-state index contributed by atoms with van der Waals surface area (Å²) >= 11 is 11.4. The van der Waals surface area contributed by atoms with Crippen molar-refractivity contribution >= 4 is 34.8 Å². The highest BCUT2D eigenvalue weighted by molar-refractivity contribution is 6.37. The molecular weight excluding hydrogens is 370 g/mol. The predicted octanol–water partition coefficient (Wildman–Crippen LogP) is 4.99. The van der Waals surface area contributed by atoms with Gasteiger partial charge >= 0.3 is 6.61 Å². The number of carbonyl (C=O) groups excluding carboxylic acids is 1. The molecule has 0 saturated carbocycles. The van der Waals surface area contributed by atoms with Crippen molar-refractivity contribution in [1.29, 1.82) is 0 Å². The van der Waals surface area contributed by atoms with E-state index in [1.807, 2.05) is 0 Å². The van der Waals surface area contributed by atoms with Gasteiger partial charge in [0, 0.05) is 11.8 Å². The van der Waals surface area contributed by atoms with Crippen LogP contribution in [0.3, 0.4) is 0 Å². The second-order valence-electron chi connectivity index (χ2n) is 4.44. The lowest BCUT2D eigenvalue weighted by Crippen LogP contribution is -2.13. The molecule has 0 unspecified atom stereocenters. The smallest absolute Gasteiger partial charge is 0.387 e. The van der Waals surface area contributed by atoms with Crippen molar-refractivity contribution in [2.24, 2.45) is 0 Å². The average Bonchev–Trinajstić information content (AvgIpc) is 2.50. The molecule has 0 aliphatic heterocycles. The average molecular weight is 380 g/mol. The number of benzene rings is 2. The summed E-state index contributed by atoms with van der Waals surface area (Å²) in [5.41, 5.74) is -0.0337. The summed E-state index contributed by atoms with van der Waals surface area (Å²) in [4.78, 5) is 12.2. The minimum absolute atomic E-state index is 0.0588. The van der Waals surface area contributed by atoms with E-state index in [9.17, 15) is 18.0 Å². The van der Waals surface area contributed by atoms with Crippen molar-refractivity contribution in [3.8, 4) is 11.5 Å². The van der Waals surface area contributed by atoms with Gasteiger partial charge in [-0.2, -0.15) is 8.78 Å². The second-order valence-corrected chi connectivity index (χ2v) is 5.26. The lowest BCUT2D eigenvalue weighted by atomic mass is 10.2.